The van der Waals surface area contributed by atoms with Crippen molar-refractivity contribution >= 4 is 46.2 Å². The van der Waals surface area contributed by atoms with E-state index in [-0.39, 0.29) is 27.7 Å². The molecule has 3 aromatic carbocycles. The fourth-order valence-electron chi connectivity index (χ4n) is 7.12. The molecule has 0 saturated heterocycles. The summed E-state index contributed by atoms with van der Waals surface area (Å²) < 4.78 is 32.2. The number of nitrogens with one attached hydrogen (secondary N) is 2. The van der Waals surface area contributed by atoms with E-state index in [0.29, 0.717) is 24.0 Å². The second-order valence-corrected chi connectivity index (χ2v) is 15.0. The maximum absolute atomic E-state index is 13.5. The average molecular weight is 751 g/mol. The van der Waals surface area contributed by atoms with E-state index in [1.165, 1.54) is 24.3 Å². The zero-order valence-corrected chi connectivity index (χ0v) is 31.9. The predicted octanol–water partition coefficient (Wildman–Crippen LogP) is 8.78. The summed E-state index contributed by atoms with van der Waals surface area (Å²) >= 11 is 6.03. The number of aromatic nitrogens is 6. The molecule has 14 heteroatoms. The molecule has 0 aliphatic carbocycles. The number of fused-ring (bicyclic) bond motifs is 2. The van der Waals surface area contributed by atoms with Crippen molar-refractivity contribution < 1.29 is 13.2 Å². The molecular weight excluding hydrogens is 710 g/mol. The first kappa shape index (κ1) is 36.7. The van der Waals surface area contributed by atoms with Gasteiger partial charge in [0.2, 0.25) is 17.1 Å². The summed E-state index contributed by atoms with van der Waals surface area (Å²) in [6.45, 7) is 11.9. The third-order valence-corrected chi connectivity index (χ3v) is 9.78. The number of aryl methyl sites for hydroxylation is 1. The van der Waals surface area contributed by atoms with Gasteiger partial charge in [0.05, 0.1) is 0 Å². The largest absolute Gasteiger partial charge is 0.421 e. The van der Waals surface area contributed by atoms with Crippen molar-refractivity contribution in [1.82, 2.24) is 30.1 Å². The van der Waals surface area contributed by atoms with Gasteiger partial charge >= 0.3 is 0 Å². The zero-order chi connectivity index (χ0) is 38.4. The summed E-state index contributed by atoms with van der Waals surface area (Å²) in [7, 11) is 3.69. The highest BCUT2D eigenvalue weighted by molar-refractivity contribution is 6.28. The van der Waals surface area contributed by atoms with E-state index in [0.717, 1.165) is 70.0 Å². The van der Waals surface area contributed by atoms with Gasteiger partial charge in [-0.3, -0.25) is 0 Å². The van der Waals surface area contributed by atoms with Gasteiger partial charge in [-0.25, -0.2) is 23.7 Å². The molecule has 6 aromatic rings. The Morgan fingerprint density at radius 3 is 1.67 bits per heavy atom. The fourth-order valence-corrected chi connectivity index (χ4v) is 7.29. The van der Waals surface area contributed by atoms with E-state index < -0.39 is 0 Å². The van der Waals surface area contributed by atoms with E-state index >= 15 is 0 Å². The van der Waals surface area contributed by atoms with Crippen LogP contribution in [0.3, 0.4) is 0 Å². The second-order valence-electron chi connectivity index (χ2n) is 14.6. The van der Waals surface area contributed by atoms with Crippen LogP contribution in [-0.2, 0) is 17.3 Å². The first-order valence-electron chi connectivity index (χ1n) is 17.6. The number of anilines is 6. The van der Waals surface area contributed by atoms with Crippen molar-refractivity contribution in [2.75, 3.05) is 47.6 Å². The molecule has 11 nitrogen and oxygen atoms in total. The van der Waals surface area contributed by atoms with Crippen molar-refractivity contribution in [3.05, 3.63) is 118 Å². The molecule has 2 aliphatic heterocycles. The lowest BCUT2D eigenvalue weighted by Gasteiger charge is -2.21. The number of nitrogens with zero attached hydrogens (tertiary/aromatic N) is 8. The van der Waals surface area contributed by atoms with Crippen LogP contribution in [0.15, 0.2) is 77.2 Å². The van der Waals surface area contributed by atoms with Gasteiger partial charge in [0.1, 0.15) is 40.7 Å². The first-order valence-corrected chi connectivity index (χ1v) is 17.9. The van der Waals surface area contributed by atoms with Gasteiger partial charge in [-0.05, 0) is 77.8 Å². The number of benzene rings is 3. The predicted molar refractivity (Wildman–Crippen MR) is 208 cm³/mol. The number of rotatable bonds is 7. The Morgan fingerprint density at radius 2 is 1.19 bits per heavy atom. The van der Waals surface area contributed by atoms with Crippen LogP contribution in [0.1, 0.15) is 56.1 Å². The standard InChI is InChI=1S/C25H25FN6O.C15H16ClFN4/c1-15-30-31-24(33-15)17-7-5-16(6-8-17)13-20-28-22(27-4)21-23(29-20)32(14-25(21,2)3)19-11-9-18(26)10-12-19;1-15(2)8-21(10-6-4-9(17)5-7-10)13-11(15)12(18-3)19-14(16)20-13/h5-12H,13-14H2,1-4H3,(H,27,28,29);4-7H,8H2,1-3H3,(H,18,19,20). The number of hydrogen-bond acceptors (Lipinski definition) is 11. The summed E-state index contributed by atoms with van der Waals surface area (Å²) in [5, 5.41) is 14.5. The molecule has 2 aliphatic rings. The Labute approximate surface area is 317 Å². The normalized spacial score (nSPS) is 15.0. The lowest BCUT2D eigenvalue weighted by Crippen LogP contribution is -2.25. The Kier molecular flexibility index (Phi) is 9.69. The second kappa shape index (κ2) is 14.3. The van der Waals surface area contributed by atoms with E-state index in [1.54, 1.807) is 31.2 Å². The van der Waals surface area contributed by atoms with Crippen LogP contribution in [-0.4, -0.2) is 57.3 Å². The van der Waals surface area contributed by atoms with Crippen LogP contribution < -0.4 is 20.4 Å². The van der Waals surface area contributed by atoms with E-state index in [2.05, 4.69) is 63.4 Å². The van der Waals surface area contributed by atoms with Crippen LogP contribution in [0.25, 0.3) is 11.5 Å². The van der Waals surface area contributed by atoms with Crippen LogP contribution in [0.5, 0.6) is 0 Å². The molecule has 3 aromatic heterocycles. The van der Waals surface area contributed by atoms with Gasteiger partial charge in [-0.2, -0.15) is 4.98 Å². The highest BCUT2D eigenvalue weighted by Crippen LogP contribution is 2.47. The minimum absolute atomic E-state index is 0.132. The van der Waals surface area contributed by atoms with Crippen LogP contribution in [0, 0.1) is 18.6 Å². The van der Waals surface area contributed by atoms with E-state index in [1.807, 2.05) is 43.3 Å². The van der Waals surface area contributed by atoms with Crippen molar-refractivity contribution in [3.63, 3.8) is 0 Å². The highest BCUT2D eigenvalue weighted by Gasteiger charge is 2.41. The molecule has 0 saturated carbocycles. The molecule has 0 amide bonds. The molecule has 0 unspecified atom stereocenters. The summed E-state index contributed by atoms with van der Waals surface area (Å²) in [6, 6.07) is 20.9. The quantitative estimate of drug-likeness (QED) is 0.152. The zero-order valence-electron chi connectivity index (χ0n) is 31.2. The van der Waals surface area contributed by atoms with Crippen molar-refractivity contribution in [2.24, 2.45) is 0 Å². The lowest BCUT2D eigenvalue weighted by molar-refractivity contribution is 0.533. The summed E-state index contributed by atoms with van der Waals surface area (Å²) in [6.07, 6.45) is 0.572. The van der Waals surface area contributed by atoms with Gasteiger partial charge in [-0.1, -0.05) is 39.8 Å². The molecule has 278 valence electrons. The molecule has 0 fully saturated rings. The third-order valence-electron chi connectivity index (χ3n) is 9.61. The van der Waals surface area contributed by atoms with Crippen LogP contribution in [0.4, 0.5) is 43.4 Å². The minimum Gasteiger partial charge on any atom is -0.421 e. The van der Waals surface area contributed by atoms with Crippen molar-refractivity contribution in [2.45, 2.75) is 51.9 Å². The average Bonchev–Trinajstić information content (AvgIpc) is 3.79. The number of halogens is 3. The first-order chi connectivity index (χ1) is 25.8. The van der Waals surface area contributed by atoms with Gasteiger partial charge in [-0.15, -0.1) is 10.2 Å². The van der Waals surface area contributed by atoms with Gasteiger partial charge in [0.15, 0.2) is 0 Å². The van der Waals surface area contributed by atoms with Crippen molar-refractivity contribution in [1.29, 1.82) is 0 Å². The Balaban J connectivity index is 0.000000184. The minimum atomic E-state index is -0.255. The van der Waals surface area contributed by atoms with Gasteiger partial charge in [0.25, 0.3) is 0 Å². The molecule has 2 N–H and O–H groups in total. The van der Waals surface area contributed by atoms with E-state index in [4.69, 9.17) is 26.0 Å². The monoisotopic (exact) mass is 750 g/mol. The van der Waals surface area contributed by atoms with Crippen LogP contribution in [0.2, 0.25) is 5.28 Å². The maximum Gasteiger partial charge on any atom is 0.247 e. The molecular formula is C40H41ClF2N10O. The molecule has 0 radical (unpaired) electrons. The summed E-state index contributed by atoms with van der Waals surface area (Å²) in [4.78, 5) is 22.6. The Bertz CT molecular complexity index is 2290. The number of hydrogen-bond donors (Lipinski definition) is 2. The Hall–Kier alpha value is -5.69. The van der Waals surface area contributed by atoms with Gasteiger partial charge in [0, 0.05) is 79.4 Å². The smallest absolute Gasteiger partial charge is 0.247 e. The SMILES string of the molecule is CNc1nc(Cc2ccc(-c3nnc(C)o3)cc2)nc2c1C(C)(C)CN2c1ccc(F)cc1.CNc1nc(Cl)nc2c1C(C)(C)CN2c1ccc(F)cc1. The summed E-state index contributed by atoms with van der Waals surface area (Å²) in [5.41, 5.74) is 5.54. The molecule has 0 spiro atoms. The summed E-state index contributed by atoms with van der Waals surface area (Å²) in [5.74, 6) is 4.43. The highest BCUT2D eigenvalue weighted by atomic mass is 35.5. The molecule has 0 atom stereocenters. The molecule has 54 heavy (non-hydrogen) atoms. The Morgan fingerprint density at radius 1 is 0.685 bits per heavy atom. The molecule has 5 heterocycles. The van der Waals surface area contributed by atoms with Gasteiger partial charge < -0.3 is 24.9 Å². The van der Waals surface area contributed by atoms with Crippen molar-refractivity contribution in [3.8, 4) is 11.5 Å². The third kappa shape index (κ3) is 7.15. The maximum atomic E-state index is 13.5. The lowest BCUT2D eigenvalue weighted by atomic mass is 9.88. The van der Waals surface area contributed by atoms with Crippen LogP contribution >= 0.6 is 11.6 Å². The molecule has 0 bridgehead atoms. The van der Waals surface area contributed by atoms with E-state index in [9.17, 15) is 8.78 Å². The molecule has 8 rings (SSSR count). The topological polar surface area (TPSA) is 121 Å². The fraction of sp³-hybridized carbons (Fsp3) is 0.300.